The summed E-state index contributed by atoms with van der Waals surface area (Å²) < 4.78 is 10.7. The highest BCUT2D eigenvalue weighted by Gasteiger charge is 2.04. The van der Waals surface area contributed by atoms with Crippen molar-refractivity contribution in [3.63, 3.8) is 0 Å². The summed E-state index contributed by atoms with van der Waals surface area (Å²) in [6, 6.07) is 5.29. The van der Waals surface area contributed by atoms with Crippen LogP contribution in [0.4, 0.5) is 0 Å². The van der Waals surface area contributed by atoms with Crippen molar-refractivity contribution in [3.05, 3.63) is 29.8 Å². The lowest BCUT2D eigenvalue weighted by Gasteiger charge is -2.10. The number of hydrogen-bond donors (Lipinski definition) is 1. The molecule has 0 saturated carbocycles. The van der Waals surface area contributed by atoms with Gasteiger partial charge in [0.1, 0.15) is 0 Å². The van der Waals surface area contributed by atoms with Crippen LogP contribution in [0, 0.1) is 0 Å². The number of carboxylic acid groups (broad SMARTS) is 1. The molecule has 0 aliphatic rings. The fraction of sp³-hybridized carbons (Fsp3) is 0.308. The Hall–Kier alpha value is -1.97. The molecule has 1 aromatic rings. The summed E-state index contributed by atoms with van der Waals surface area (Å²) in [7, 11) is 1.57. The van der Waals surface area contributed by atoms with Gasteiger partial charge in [-0.3, -0.25) is 0 Å². The first kappa shape index (κ1) is 13.1. The number of hydrogen-bond acceptors (Lipinski definition) is 3. The number of aliphatic carboxylic acids is 1. The molecule has 0 atom stereocenters. The van der Waals surface area contributed by atoms with Crippen LogP contribution < -0.4 is 9.47 Å². The second-order valence-electron chi connectivity index (χ2n) is 3.43. The van der Waals surface area contributed by atoms with Gasteiger partial charge in [-0.1, -0.05) is 13.0 Å². The van der Waals surface area contributed by atoms with E-state index in [-0.39, 0.29) is 0 Å². The maximum Gasteiger partial charge on any atom is 0.328 e. The van der Waals surface area contributed by atoms with Crippen molar-refractivity contribution in [2.45, 2.75) is 13.3 Å². The molecule has 0 amide bonds. The Morgan fingerprint density at radius 1 is 1.41 bits per heavy atom. The van der Waals surface area contributed by atoms with Crippen molar-refractivity contribution in [2.24, 2.45) is 0 Å². The third kappa shape index (κ3) is 4.18. The monoisotopic (exact) mass is 236 g/mol. The van der Waals surface area contributed by atoms with Gasteiger partial charge in [0.05, 0.1) is 13.7 Å². The first-order chi connectivity index (χ1) is 8.17. The molecule has 17 heavy (non-hydrogen) atoms. The van der Waals surface area contributed by atoms with Gasteiger partial charge in [0, 0.05) is 6.08 Å². The third-order valence-electron chi connectivity index (χ3n) is 2.07. The van der Waals surface area contributed by atoms with E-state index < -0.39 is 5.97 Å². The molecule has 1 N–H and O–H groups in total. The SMILES string of the molecule is CCCOc1cc(C=CC(=O)O)ccc1OC. The van der Waals surface area contributed by atoms with Crippen LogP contribution in [-0.4, -0.2) is 24.8 Å². The largest absolute Gasteiger partial charge is 0.493 e. The molecule has 0 unspecified atom stereocenters. The lowest BCUT2D eigenvalue weighted by Crippen LogP contribution is -1.98. The van der Waals surface area contributed by atoms with Crippen molar-refractivity contribution in [1.82, 2.24) is 0 Å². The lowest BCUT2D eigenvalue weighted by molar-refractivity contribution is -0.131. The number of benzene rings is 1. The summed E-state index contributed by atoms with van der Waals surface area (Å²) in [6.07, 6.45) is 3.50. The molecular formula is C13H16O4. The number of methoxy groups -OCH3 is 1. The van der Waals surface area contributed by atoms with Crippen LogP contribution in [0.3, 0.4) is 0 Å². The summed E-state index contributed by atoms with van der Waals surface area (Å²) in [4.78, 5) is 10.4. The molecule has 0 spiro atoms. The summed E-state index contributed by atoms with van der Waals surface area (Å²) in [5, 5.41) is 8.54. The first-order valence-corrected chi connectivity index (χ1v) is 5.39. The molecule has 0 fully saturated rings. The van der Waals surface area contributed by atoms with E-state index >= 15 is 0 Å². The Balaban J connectivity index is 2.91. The molecule has 0 aromatic heterocycles. The van der Waals surface area contributed by atoms with Gasteiger partial charge in [0.15, 0.2) is 11.5 Å². The molecule has 4 heteroatoms. The van der Waals surface area contributed by atoms with Crippen LogP contribution in [0.2, 0.25) is 0 Å². The standard InChI is InChI=1S/C13H16O4/c1-3-8-17-12-9-10(5-7-13(14)15)4-6-11(12)16-2/h4-7,9H,3,8H2,1-2H3,(H,14,15). The highest BCUT2D eigenvalue weighted by atomic mass is 16.5. The van der Waals surface area contributed by atoms with Crippen molar-refractivity contribution in [1.29, 1.82) is 0 Å². The minimum Gasteiger partial charge on any atom is -0.493 e. The smallest absolute Gasteiger partial charge is 0.328 e. The average molecular weight is 236 g/mol. The maximum absolute atomic E-state index is 10.4. The zero-order chi connectivity index (χ0) is 12.7. The van der Waals surface area contributed by atoms with Gasteiger partial charge in [-0.05, 0) is 30.2 Å². The van der Waals surface area contributed by atoms with Crippen LogP contribution in [-0.2, 0) is 4.79 Å². The maximum atomic E-state index is 10.4. The quantitative estimate of drug-likeness (QED) is 0.771. The van der Waals surface area contributed by atoms with Crippen LogP contribution in [0.15, 0.2) is 24.3 Å². The van der Waals surface area contributed by atoms with Gasteiger partial charge in [0.2, 0.25) is 0 Å². The highest BCUT2D eigenvalue weighted by Crippen LogP contribution is 2.28. The molecule has 0 aliphatic heterocycles. The van der Waals surface area contributed by atoms with Crippen LogP contribution in [0.25, 0.3) is 6.08 Å². The second-order valence-corrected chi connectivity index (χ2v) is 3.43. The molecule has 1 aromatic carbocycles. The van der Waals surface area contributed by atoms with Gasteiger partial charge in [0.25, 0.3) is 0 Å². The summed E-state index contributed by atoms with van der Waals surface area (Å²) in [6.45, 7) is 2.61. The zero-order valence-corrected chi connectivity index (χ0v) is 9.97. The molecule has 0 saturated heterocycles. The van der Waals surface area contributed by atoms with E-state index in [0.29, 0.717) is 18.1 Å². The molecule has 1 rings (SSSR count). The first-order valence-electron chi connectivity index (χ1n) is 5.39. The van der Waals surface area contributed by atoms with Crippen LogP contribution >= 0.6 is 0 Å². The van der Waals surface area contributed by atoms with E-state index in [1.165, 1.54) is 6.08 Å². The molecule has 92 valence electrons. The summed E-state index contributed by atoms with van der Waals surface area (Å²) >= 11 is 0. The molecule has 0 heterocycles. The van der Waals surface area contributed by atoms with E-state index in [9.17, 15) is 4.79 Å². The van der Waals surface area contributed by atoms with Crippen LogP contribution in [0.5, 0.6) is 11.5 Å². The Bertz CT molecular complexity index is 410. The minimum atomic E-state index is -0.975. The molecule has 0 bridgehead atoms. The van der Waals surface area contributed by atoms with E-state index in [4.69, 9.17) is 14.6 Å². The Morgan fingerprint density at radius 3 is 2.76 bits per heavy atom. The van der Waals surface area contributed by atoms with E-state index in [0.717, 1.165) is 18.1 Å². The van der Waals surface area contributed by atoms with Gasteiger partial charge in [-0.25, -0.2) is 4.79 Å². The highest BCUT2D eigenvalue weighted by molar-refractivity contribution is 5.85. The van der Waals surface area contributed by atoms with Crippen molar-refractivity contribution >= 4 is 12.0 Å². The lowest BCUT2D eigenvalue weighted by atomic mass is 10.2. The van der Waals surface area contributed by atoms with E-state index in [2.05, 4.69) is 0 Å². The number of ether oxygens (including phenoxy) is 2. The summed E-state index contributed by atoms with van der Waals surface area (Å²) in [5.74, 6) is 0.296. The van der Waals surface area contributed by atoms with Crippen molar-refractivity contribution < 1.29 is 19.4 Å². The fourth-order valence-corrected chi connectivity index (χ4v) is 1.29. The Labute approximate surface area is 100 Å². The van der Waals surface area contributed by atoms with Gasteiger partial charge in [-0.2, -0.15) is 0 Å². The molecule has 0 aliphatic carbocycles. The normalized spacial score (nSPS) is 10.5. The molecular weight excluding hydrogens is 220 g/mol. The topological polar surface area (TPSA) is 55.8 Å². The van der Waals surface area contributed by atoms with E-state index in [1.54, 1.807) is 25.3 Å². The second kappa shape index (κ2) is 6.58. The predicted octanol–water partition coefficient (Wildman–Crippen LogP) is 2.58. The van der Waals surface area contributed by atoms with Crippen LogP contribution in [0.1, 0.15) is 18.9 Å². The zero-order valence-electron chi connectivity index (χ0n) is 9.97. The van der Waals surface area contributed by atoms with Gasteiger partial charge >= 0.3 is 5.97 Å². The molecule has 4 nitrogen and oxygen atoms in total. The fourth-order valence-electron chi connectivity index (χ4n) is 1.29. The van der Waals surface area contributed by atoms with Gasteiger partial charge < -0.3 is 14.6 Å². The average Bonchev–Trinajstić information content (AvgIpc) is 2.33. The van der Waals surface area contributed by atoms with Gasteiger partial charge in [-0.15, -0.1) is 0 Å². The number of carbonyl (C=O) groups is 1. The Kier molecular flexibility index (Phi) is 5.07. The van der Waals surface area contributed by atoms with Crippen molar-refractivity contribution in [2.75, 3.05) is 13.7 Å². The predicted molar refractivity (Wildman–Crippen MR) is 65.4 cm³/mol. The summed E-state index contributed by atoms with van der Waals surface area (Å²) in [5.41, 5.74) is 0.763. The number of rotatable bonds is 6. The van der Waals surface area contributed by atoms with Crippen molar-refractivity contribution in [3.8, 4) is 11.5 Å². The van der Waals surface area contributed by atoms with E-state index in [1.807, 2.05) is 6.92 Å². The minimum absolute atomic E-state index is 0.600. The molecule has 0 radical (unpaired) electrons. The number of carboxylic acids is 1. The third-order valence-corrected chi connectivity index (χ3v) is 2.07. The Morgan fingerprint density at radius 2 is 2.18 bits per heavy atom.